The van der Waals surface area contributed by atoms with Crippen molar-refractivity contribution in [2.45, 2.75) is 24.8 Å². The molecule has 24 heavy (non-hydrogen) atoms. The fraction of sp³-hybridized carbons (Fsp3) is 0.350. The lowest BCUT2D eigenvalue weighted by Gasteiger charge is -2.28. The van der Waals surface area contributed by atoms with Crippen LogP contribution in [0.3, 0.4) is 0 Å². The molecule has 4 rings (SSSR count). The van der Waals surface area contributed by atoms with Gasteiger partial charge in [0.25, 0.3) is 0 Å². The van der Waals surface area contributed by atoms with E-state index in [1.165, 1.54) is 22.3 Å². The van der Waals surface area contributed by atoms with Crippen LogP contribution in [-0.4, -0.2) is 36.7 Å². The zero-order valence-corrected chi connectivity index (χ0v) is 13.8. The van der Waals surface area contributed by atoms with Gasteiger partial charge in [-0.15, -0.1) is 0 Å². The Morgan fingerprint density at radius 2 is 1.71 bits per heavy atom. The van der Waals surface area contributed by atoms with E-state index in [9.17, 15) is 4.79 Å². The van der Waals surface area contributed by atoms with Gasteiger partial charge in [-0.3, -0.25) is 0 Å². The summed E-state index contributed by atoms with van der Waals surface area (Å²) in [5.74, 6) is 0.127. The Kier molecular flexibility index (Phi) is 3.98. The molecule has 4 heteroatoms. The molecule has 0 aromatic heterocycles. The summed E-state index contributed by atoms with van der Waals surface area (Å²) in [6.45, 7) is 1.88. The Morgan fingerprint density at radius 1 is 1.08 bits per heavy atom. The molecule has 0 saturated carbocycles. The number of fused-ring (bicyclic) bond motifs is 3. The van der Waals surface area contributed by atoms with Crippen molar-refractivity contribution in [1.82, 2.24) is 4.90 Å². The molecule has 1 saturated heterocycles. The third-order valence-electron chi connectivity index (χ3n) is 5.11. The van der Waals surface area contributed by atoms with Crippen LogP contribution >= 0.6 is 0 Å². The van der Waals surface area contributed by atoms with Crippen LogP contribution < -0.4 is 5.73 Å². The second-order valence-corrected chi connectivity index (χ2v) is 6.76. The van der Waals surface area contributed by atoms with Crippen molar-refractivity contribution in [3.8, 4) is 11.1 Å². The van der Waals surface area contributed by atoms with E-state index < -0.39 is 0 Å². The van der Waals surface area contributed by atoms with E-state index in [4.69, 9.17) is 4.74 Å². The monoisotopic (exact) mass is 323 g/mol. The number of rotatable bonds is 2. The van der Waals surface area contributed by atoms with Crippen LogP contribution in [0.4, 0.5) is 4.79 Å². The van der Waals surface area contributed by atoms with Gasteiger partial charge in [-0.05, 0) is 28.7 Å². The van der Waals surface area contributed by atoms with Crippen molar-refractivity contribution in [2.24, 2.45) is 0 Å². The summed E-state index contributed by atoms with van der Waals surface area (Å²) >= 11 is 0. The van der Waals surface area contributed by atoms with Gasteiger partial charge in [0.2, 0.25) is 0 Å². The molecule has 1 fully saturated rings. The SMILES string of the molecule is [NH3+][C@@H]1CCCN(C(=O)OCC2c3ccccc3-c3ccccc32)C1. The van der Waals surface area contributed by atoms with Crippen molar-refractivity contribution in [1.29, 1.82) is 0 Å². The molecule has 4 nitrogen and oxygen atoms in total. The minimum absolute atomic E-state index is 0.127. The summed E-state index contributed by atoms with van der Waals surface area (Å²) in [4.78, 5) is 14.2. The van der Waals surface area contributed by atoms with Crippen LogP contribution in [0.1, 0.15) is 29.9 Å². The number of ether oxygens (including phenoxy) is 1. The summed E-state index contributed by atoms with van der Waals surface area (Å²) < 4.78 is 5.69. The molecule has 124 valence electrons. The Morgan fingerprint density at radius 3 is 2.33 bits per heavy atom. The van der Waals surface area contributed by atoms with Crippen LogP contribution in [0.2, 0.25) is 0 Å². The lowest BCUT2D eigenvalue weighted by Crippen LogP contribution is -2.67. The number of nitrogens with zero attached hydrogens (tertiary/aromatic N) is 1. The first-order chi connectivity index (χ1) is 11.7. The molecule has 2 aliphatic rings. The van der Waals surface area contributed by atoms with Gasteiger partial charge in [-0.25, -0.2) is 4.79 Å². The summed E-state index contributed by atoms with van der Waals surface area (Å²) in [6, 6.07) is 17.1. The number of likely N-dealkylation sites (tertiary alicyclic amines) is 1. The molecular formula is C20H23N2O2+. The van der Waals surface area contributed by atoms with Crippen LogP contribution in [0.15, 0.2) is 48.5 Å². The smallest absolute Gasteiger partial charge is 0.410 e. The zero-order valence-electron chi connectivity index (χ0n) is 13.8. The third-order valence-corrected chi connectivity index (χ3v) is 5.11. The summed E-state index contributed by atoms with van der Waals surface area (Å²) in [7, 11) is 0. The zero-order chi connectivity index (χ0) is 16.5. The lowest BCUT2D eigenvalue weighted by molar-refractivity contribution is -0.425. The second-order valence-electron chi connectivity index (χ2n) is 6.76. The molecular weight excluding hydrogens is 300 g/mol. The first-order valence-electron chi connectivity index (χ1n) is 8.67. The Hall–Kier alpha value is -2.33. The van der Waals surface area contributed by atoms with Crippen molar-refractivity contribution < 1.29 is 15.3 Å². The van der Waals surface area contributed by atoms with E-state index in [0.717, 1.165) is 19.4 Å². The molecule has 2 aromatic carbocycles. The molecule has 1 atom stereocenters. The van der Waals surface area contributed by atoms with Gasteiger partial charge in [0.1, 0.15) is 12.6 Å². The number of hydrogen-bond donors (Lipinski definition) is 1. The van der Waals surface area contributed by atoms with E-state index in [1.807, 2.05) is 0 Å². The number of piperidine rings is 1. The largest absolute Gasteiger partial charge is 0.448 e. The van der Waals surface area contributed by atoms with E-state index >= 15 is 0 Å². The quantitative estimate of drug-likeness (QED) is 0.924. The molecule has 1 aliphatic carbocycles. The average Bonchev–Trinajstić information content (AvgIpc) is 2.94. The van der Waals surface area contributed by atoms with Gasteiger partial charge in [0, 0.05) is 18.9 Å². The number of quaternary nitrogens is 1. The number of amides is 1. The van der Waals surface area contributed by atoms with Crippen molar-refractivity contribution >= 4 is 6.09 Å². The van der Waals surface area contributed by atoms with E-state index in [0.29, 0.717) is 19.2 Å². The van der Waals surface area contributed by atoms with Crippen molar-refractivity contribution in [3.63, 3.8) is 0 Å². The molecule has 0 spiro atoms. The number of carbonyl (C=O) groups excluding carboxylic acids is 1. The number of benzene rings is 2. The predicted octanol–water partition coefficient (Wildman–Crippen LogP) is 2.64. The van der Waals surface area contributed by atoms with Gasteiger partial charge in [0.05, 0.1) is 6.54 Å². The summed E-state index contributed by atoms with van der Waals surface area (Å²) in [6.07, 6.45) is 1.90. The Balaban J connectivity index is 1.51. The lowest BCUT2D eigenvalue weighted by atomic mass is 9.98. The molecule has 1 heterocycles. The third kappa shape index (κ3) is 2.67. The van der Waals surface area contributed by atoms with Crippen LogP contribution in [0.25, 0.3) is 11.1 Å². The average molecular weight is 323 g/mol. The van der Waals surface area contributed by atoms with Crippen molar-refractivity contribution in [3.05, 3.63) is 59.7 Å². The summed E-state index contributed by atoms with van der Waals surface area (Å²) in [5, 5.41) is 0. The highest BCUT2D eigenvalue weighted by Crippen LogP contribution is 2.44. The Labute approximate surface area is 142 Å². The highest BCUT2D eigenvalue weighted by Gasteiger charge is 2.30. The normalized spacial score (nSPS) is 19.7. The first kappa shape index (κ1) is 15.2. The molecule has 3 N–H and O–H groups in total. The van der Waals surface area contributed by atoms with Crippen LogP contribution in [-0.2, 0) is 4.74 Å². The molecule has 2 aromatic rings. The van der Waals surface area contributed by atoms with E-state index in [1.54, 1.807) is 4.90 Å². The van der Waals surface area contributed by atoms with Gasteiger partial charge < -0.3 is 15.4 Å². The Bertz CT molecular complexity index is 713. The van der Waals surface area contributed by atoms with Gasteiger partial charge in [-0.2, -0.15) is 0 Å². The van der Waals surface area contributed by atoms with E-state index in [-0.39, 0.29) is 12.0 Å². The second kappa shape index (κ2) is 6.29. The number of hydrogen-bond acceptors (Lipinski definition) is 2. The van der Waals surface area contributed by atoms with E-state index in [2.05, 4.69) is 54.3 Å². The van der Waals surface area contributed by atoms with Gasteiger partial charge in [0.15, 0.2) is 0 Å². The highest BCUT2D eigenvalue weighted by atomic mass is 16.6. The maximum atomic E-state index is 12.4. The molecule has 1 amide bonds. The first-order valence-corrected chi connectivity index (χ1v) is 8.67. The molecule has 0 bridgehead atoms. The summed E-state index contributed by atoms with van der Waals surface area (Å²) in [5.41, 5.74) is 9.09. The maximum Gasteiger partial charge on any atom is 0.410 e. The standard InChI is InChI=1S/C20H22N2O2/c21-14-6-5-11-22(12-14)20(23)24-13-19-17-9-3-1-7-15(17)16-8-2-4-10-18(16)19/h1-4,7-10,14,19H,5-6,11-13,21H2/p+1/t14-/m1/s1. The fourth-order valence-corrected chi connectivity index (χ4v) is 3.92. The van der Waals surface area contributed by atoms with Gasteiger partial charge >= 0.3 is 6.09 Å². The fourth-order valence-electron chi connectivity index (χ4n) is 3.92. The van der Waals surface area contributed by atoms with Gasteiger partial charge in [-0.1, -0.05) is 48.5 Å². The molecule has 0 radical (unpaired) electrons. The molecule has 0 unspecified atom stereocenters. The topological polar surface area (TPSA) is 57.2 Å². The number of carbonyl (C=O) groups is 1. The highest BCUT2D eigenvalue weighted by molar-refractivity contribution is 5.79. The minimum atomic E-state index is -0.204. The van der Waals surface area contributed by atoms with Crippen LogP contribution in [0.5, 0.6) is 0 Å². The van der Waals surface area contributed by atoms with Crippen LogP contribution in [0, 0.1) is 0 Å². The maximum absolute atomic E-state index is 12.4. The molecule has 1 aliphatic heterocycles. The minimum Gasteiger partial charge on any atom is -0.448 e. The predicted molar refractivity (Wildman–Crippen MR) is 92.6 cm³/mol. The van der Waals surface area contributed by atoms with Crippen molar-refractivity contribution in [2.75, 3.05) is 19.7 Å².